The molecule has 2 aromatic heterocycles. The number of carbonyl (C=O) groups excluding carboxylic acids is 1. The van der Waals surface area contributed by atoms with Crippen molar-refractivity contribution >= 4 is 40.2 Å². The van der Waals surface area contributed by atoms with Crippen LogP contribution in [0.15, 0.2) is 51.3 Å². The number of halogens is 1. The van der Waals surface area contributed by atoms with Crippen LogP contribution >= 0.6 is 11.6 Å². The smallest absolute Gasteiger partial charge is 0.433 e. The third-order valence-electron chi connectivity index (χ3n) is 4.27. The van der Waals surface area contributed by atoms with Gasteiger partial charge in [0.15, 0.2) is 11.3 Å². The molecule has 0 radical (unpaired) electrons. The predicted octanol–water partition coefficient (Wildman–Crippen LogP) is 5.52. The van der Waals surface area contributed by atoms with E-state index in [2.05, 4.69) is 10.3 Å². The summed E-state index contributed by atoms with van der Waals surface area (Å²) in [5.41, 5.74) is 4.31. The molecule has 1 amide bonds. The second-order valence-electron chi connectivity index (χ2n) is 6.49. The van der Waals surface area contributed by atoms with Gasteiger partial charge < -0.3 is 14.2 Å². The summed E-state index contributed by atoms with van der Waals surface area (Å²) in [6, 6.07) is 11.1. The van der Waals surface area contributed by atoms with E-state index < -0.39 is 16.7 Å². The molecule has 8 nitrogen and oxygen atoms in total. The Labute approximate surface area is 169 Å². The lowest BCUT2D eigenvalue weighted by atomic mass is 10.1. The van der Waals surface area contributed by atoms with Gasteiger partial charge in [0.2, 0.25) is 5.89 Å². The van der Waals surface area contributed by atoms with Crippen LogP contribution in [-0.2, 0) is 0 Å². The number of nitrogens with zero attached hydrogens (tertiary/aromatic N) is 2. The van der Waals surface area contributed by atoms with Crippen LogP contribution in [0, 0.1) is 24.0 Å². The first-order chi connectivity index (χ1) is 13.8. The second-order valence-corrected chi connectivity index (χ2v) is 6.90. The van der Waals surface area contributed by atoms with Gasteiger partial charge in [-0.3, -0.25) is 14.9 Å². The Morgan fingerprint density at radius 2 is 1.93 bits per heavy atom. The third kappa shape index (κ3) is 3.57. The zero-order chi connectivity index (χ0) is 20.7. The molecule has 0 spiro atoms. The van der Waals surface area contributed by atoms with Gasteiger partial charge in [-0.2, -0.15) is 0 Å². The Morgan fingerprint density at radius 3 is 2.66 bits per heavy atom. The summed E-state index contributed by atoms with van der Waals surface area (Å²) in [5, 5.41) is 13.7. The van der Waals surface area contributed by atoms with E-state index in [0.29, 0.717) is 33.3 Å². The van der Waals surface area contributed by atoms with Gasteiger partial charge in [-0.15, -0.1) is 0 Å². The summed E-state index contributed by atoms with van der Waals surface area (Å²) in [6.45, 7) is 3.91. The Morgan fingerprint density at radius 1 is 1.14 bits per heavy atom. The van der Waals surface area contributed by atoms with E-state index >= 15 is 0 Å². The average molecular weight is 412 g/mol. The first-order valence-corrected chi connectivity index (χ1v) is 8.93. The van der Waals surface area contributed by atoms with Crippen molar-refractivity contribution in [3.8, 4) is 11.5 Å². The van der Waals surface area contributed by atoms with Gasteiger partial charge in [-0.1, -0.05) is 17.7 Å². The molecular weight excluding hydrogens is 398 g/mol. The SMILES string of the molecule is Cc1cc(C)c2oc(-c3cc(NC(=O)c4ccc([N+](=O)[O-])o4)ccc3Cl)nc2c1. The molecule has 0 aliphatic heterocycles. The van der Waals surface area contributed by atoms with E-state index in [1.54, 1.807) is 18.2 Å². The number of nitrogens with one attached hydrogen (secondary N) is 1. The van der Waals surface area contributed by atoms with Crippen LogP contribution in [0.1, 0.15) is 21.7 Å². The van der Waals surface area contributed by atoms with Crippen LogP contribution in [0.2, 0.25) is 5.02 Å². The molecule has 0 bridgehead atoms. The van der Waals surface area contributed by atoms with Crippen molar-refractivity contribution in [3.05, 3.63) is 74.5 Å². The molecule has 9 heteroatoms. The molecule has 2 heterocycles. The molecule has 146 valence electrons. The molecule has 0 unspecified atom stereocenters. The first-order valence-electron chi connectivity index (χ1n) is 8.55. The minimum atomic E-state index is -0.714. The van der Waals surface area contributed by atoms with Gasteiger partial charge in [0.1, 0.15) is 10.4 Å². The van der Waals surface area contributed by atoms with Crippen molar-refractivity contribution in [1.29, 1.82) is 0 Å². The van der Waals surface area contributed by atoms with Gasteiger partial charge in [0, 0.05) is 5.69 Å². The van der Waals surface area contributed by atoms with Crippen LogP contribution in [0.4, 0.5) is 11.6 Å². The summed E-state index contributed by atoms with van der Waals surface area (Å²) in [5.74, 6) is -0.996. The van der Waals surface area contributed by atoms with Crippen LogP contribution in [0.3, 0.4) is 0 Å². The van der Waals surface area contributed by atoms with Crippen LogP contribution in [0.25, 0.3) is 22.6 Å². The maximum atomic E-state index is 12.3. The molecule has 0 aliphatic carbocycles. The monoisotopic (exact) mass is 411 g/mol. The Bertz CT molecular complexity index is 1270. The Balaban J connectivity index is 1.66. The van der Waals surface area contributed by atoms with E-state index in [0.717, 1.165) is 17.2 Å². The van der Waals surface area contributed by atoms with Crippen molar-refractivity contribution in [2.45, 2.75) is 13.8 Å². The first kappa shape index (κ1) is 18.7. The zero-order valence-corrected chi connectivity index (χ0v) is 16.1. The normalized spacial score (nSPS) is 11.0. The lowest BCUT2D eigenvalue weighted by Gasteiger charge is -2.06. The Hall–Kier alpha value is -3.65. The minimum Gasteiger partial charge on any atom is -0.436 e. The van der Waals surface area contributed by atoms with Crippen molar-refractivity contribution in [2.75, 3.05) is 5.32 Å². The van der Waals surface area contributed by atoms with E-state index in [4.69, 9.17) is 20.4 Å². The van der Waals surface area contributed by atoms with Crippen molar-refractivity contribution in [2.24, 2.45) is 0 Å². The number of amides is 1. The molecule has 0 atom stereocenters. The number of furan rings is 1. The van der Waals surface area contributed by atoms with Gasteiger partial charge in [0.05, 0.1) is 16.7 Å². The third-order valence-corrected chi connectivity index (χ3v) is 4.60. The maximum Gasteiger partial charge on any atom is 0.433 e. The van der Waals surface area contributed by atoms with Crippen LogP contribution < -0.4 is 5.32 Å². The summed E-state index contributed by atoms with van der Waals surface area (Å²) >= 11 is 6.31. The van der Waals surface area contributed by atoms with Gasteiger partial charge in [-0.05, 0) is 55.3 Å². The second kappa shape index (κ2) is 7.06. The number of hydrogen-bond donors (Lipinski definition) is 1. The summed E-state index contributed by atoms with van der Waals surface area (Å²) in [7, 11) is 0. The summed E-state index contributed by atoms with van der Waals surface area (Å²) < 4.78 is 10.8. The number of anilines is 1. The fraction of sp³-hybridized carbons (Fsp3) is 0.100. The van der Waals surface area contributed by atoms with Crippen molar-refractivity contribution in [1.82, 2.24) is 4.98 Å². The number of carbonyl (C=O) groups is 1. The largest absolute Gasteiger partial charge is 0.436 e. The maximum absolute atomic E-state index is 12.3. The highest BCUT2D eigenvalue weighted by Gasteiger charge is 2.19. The topological polar surface area (TPSA) is 111 Å². The lowest BCUT2D eigenvalue weighted by molar-refractivity contribution is -0.402. The number of rotatable bonds is 4. The number of aromatic nitrogens is 1. The van der Waals surface area contributed by atoms with Crippen LogP contribution in [-0.4, -0.2) is 15.8 Å². The van der Waals surface area contributed by atoms with Crippen molar-refractivity contribution in [3.63, 3.8) is 0 Å². The van der Waals surface area contributed by atoms with Crippen molar-refractivity contribution < 1.29 is 18.6 Å². The number of nitro groups is 1. The molecule has 1 N–H and O–H groups in total. The van der Waals surface area contributed by atoms with Gasteiger partial charge in [0.25, 0.3) is 5.91 Å². The van der Waals surface area contributed by atoms with E-state index in [9.17, 15) is 14.9 Å². The molecule has 0 saturated carbocycles. The Kier molecular flexibility index (Phi) is 4.56. The molecule has 0 aliphatic rings. The van der Waals surface area contributed by atoms with E-state index in [1.165, 1.54) is 6.07 Å². The number of fused-ring (bicyclic) bond motifs is 1. The molecular formula is C20H14ClN3O5. The predicted molar refractivity (Wildman–Crippen MR) is 107 cm³/mol. The molecule has 0 saturated heterocycles. The van der Waals surface area contributed by atoms with Crippen LogP contribution in [0.5, 0.6) is 0 Å². The quantitative estimate of drug-likeness (QED) is 0.349. The highest BCUT2D eigenvalue weighted by molar-refractivity contribution is 6.33. The highest BCUT2D eigenvalue weighted by atomic mass is 35.5. The fourth-order valence-electron chi connectivity index (χ4n) is 3.00. The summed E-state index contributed by atoms with van der Waals surface area (Å²) in [4.78, 5) is 26.8. The standard InChI is InChI=1S/C20H14ClN3O5/c1-10-7-11(2)18-15(8-10)23-20(29-18)13-9-12(3-4-14(13)21)22-19(25)16-5-6-17(28-16)24(26)27/h3-9H,1-2H3,(H,22,25). The molecule has 2 aromatic carbocycles. The fourth-order valence-corrected chi connectivity index (χ4v) is 3.20. The summed E-state index contributed by atoms with van der Waals surface area (Å²) in [6.07, 6.45) is 0. The minimum absolute atomic E-state index is 0.179. The molecule has 4 aromatic rings. The number of oxazole rings is 1. The highest BCUT2D eigenvalue weighted by Crippen LogP contribution is 2.33. The van der Waals surface area contributed by atoms with E-state index in [-0.39, 0.29) is 5.76 Å². The molecule has 29 heavy (non-hydrogen) atoms. The lowest BCUT2D eigenvalue weighted by Crippen LogP contribution is -2.10. The zero-order valence-electron chi connectivity index (χ0n) is 15.4. The molecule has 4 rings (SSSR count). The molecule has 0 fully saturated rings. The van der Waals surface area contributed by atoms with Gasteiger partial charge in [-0.25, -0.2) is 4.98 Å². The number of hydrogen-bond acceptors (Lipinski definition) is 6. The number of aryl methyl sites for hydroxylation is 2. The average Bonchev–Trinajstić information content (AvgIpc) is 3.30. The van der Waals surface area contributed by atoms with E-state index in [1.807, 2.05) is 26.0 Å². The van der Waals surface area contributed by atoms with Gasteiger partial charge >= 0.3 is 5.88 Å². The number of benzene rings is 2.